The number of anilines is 1. The van der Waals surface area contributed by atoms with Gasteiger partial charge in [0.1, 0.15) is 5.82 Å². The van der Waals surface area contributed by atoms with Crippen LogP contribution in [-0.2, 0) is 20.9 Å². The maximum Gasteiger partial charge on any atom is 0.340 e. The van der Waals surface area contributed by atoms with E-state index in [-0.39, 0.29) is 35.4 Å². The molecule has 1 aliphatic carbocycles. The number of hydrogen-bond acceptors (Lipinski definition) is 6. The Kier molecular flexibility index (Phi) is 9.05. The summed E-state index contributed by atoms with van der Waals surface area (Å²) in [7, 11) is 4.37. The number of halogens is 1. The first kappa shape index (κ1) is 26.0. The van der Waals surface area contributed by atoms with Gasteiger partial charge in [0.15, 0.2) is 18.1 Å². The molecule has 9 heteroatoms. The van der Waals surface area contributed by atoms with Gasteiger partial charge in [0, 0.05) is 37.2 Å². The third-order valence-corrected chi connectivity index (χ3v) is 6.10. The predicted molar refractivity (Wildman–Crippen MR) is 128 cm³/mol. The maximum absolute atomic E-state index is 13.9. The smallest absolute Gasteiger partial charge is 0.340 e. The van der Waals surface area contributed by atoms with Crippen LogP contribution in [0, 0.1) is 11.7 Å². The highest BCUT2D eigenvalue weighted by atomic mass is 19.1. The molecule has 2 aromatic rings. The molecule has 0 unspecified atom stereocenters. The average Bonchev–Trinajstić information content (AvgIpc) is 2.88. The summed E-state index contributed by atoms with van der Waals surface area (Å²) >= 11 is 0. The van der Waals surface area contributed by atoms with Gasteiger partial charge in [-0.25, -0.2) is 9.18 Å². The van der Waals surface area contributed by atoms with E-state index < -0.39 is 24.3 Å². The Morgan fingerprint density at radius 1 is 1.03 bits per heavy atom. The molecule has 2 amide bonds. The van der Waals surface area contributed by atoms with E-state index in [1.165, 1.54) is 44.4 Å². The second-order valence-electron chi connectivity index (χ2n) is 8.49. The van der Waals surface area contributed by atoms with Crippen LogP contribution in [0.2, 0.25) is 0 Å². The molecule has 8 nitrogen and oxygen atoms in total. The first-order valence-corrected chi connectivity index (χ1v) is 11.6. The summed E-state index contributed by atoms with van der Waals surface area (Å²) in [6.45, 7) is -0.518. The molecule has 3 rings (SSSR count). The fourth-order valence-electron chi connectivity index (χ4n) is 4.04. The molecule has 1 aliphatic rings. The number of carbonyl (C=O) groups is 3. The van der Waals surface area contributed by atoms with Crippen LogP contribution in [0.3, 0.4) is 0 Å². The molecule has 0 aromatic heterocycles. The van der Waals surface area contributed by atoms with Crippen molar-refractivity contribution in [3.8, 4) is 11.5 Å². The van der Waals surface area contributed by atoms with Crippen LogP contribution in [0.4, 0.5) is 10.1 Å². The van der Waals surface area contributed by atoms with E-state index in [2.05, 4.69) is 5.32 Å². The molecule has 2 aromatic carbocycles. The van der Waals surface area contributed by atoms with Crippen LogP contribution in [0.5, 0.6) is 11.5 Å². The van der Waals surface area contributed by atoms with E-state index in [9.17, 15) is 18.8 Å². The molecule has 0 bridgehead atoms. The van der Waals surface area contributed by atoms with Crippen LogP contribution < -0.4 is 14.8 Å². The molecular formula is C26H31FN2O6. The summed E-state index contributed by atoms with van der Waals surface area (Å²) in [4.78, 5) is 39.5. The van der Waals surface area contributed by atoms with Gasteiger partial charge in [-0.1, -0.05) is 37.5 Å². The number of esters is 1. The van der Waals surface area contributed by atoms with Crippen LogP contribution in [0.15, 0.2) is 36.4 Å². The normalized spacial score (nSPS) is 13.6. The van der Waals surface area contributed by atoms with Crippen LogP contribution in [0.1, 0.15) is 48.0 Å². The second kappa shape index (κ2) is 12.2. The fourth-order valence-corrected chi connectivity index (χ4v) is 4.04. The Hall–Kier alpha value is -3.62. The van der Waals surface area contributed by atoms with Gasteiger partial charge in [0.25, 0.3) is 5.91 Å². The third kappa shape index (κ3) is 6.71. The number of methoxy groups -OCH3 is 2. The number of nitrogens with zero attached hydrogens (tertiary/aromatic N) is 1. The van der Waals surface area contributed by atoms with Gasteiger partial charge in [0.2, 0.25) is 5.91 Å². The SMILES string of the molecule is COc1cc(NC(=O)C2CCCCC2)c(C(=O)OCC(=O)N(C)Cc2ccccc2F)cc1OC. The zero-order valence-corrected chi connectivity index (χ0v) is 20.3. The van der Waals surface area contributed by atoms with Crippen molar-refractivity contribution in [1.82, 2.24) is 4.90 Å². The van der Waals surface area contributed by atoms with Crippen molar-refractivity contribution in [3.63, 3.8) is 0 Å². The molecule has 1 saturated carbocycles. The summed E-state index contributed by atoms with van der Waals surface area (Å²) in [6, 6.07) is 9.05. The van der Waals surface area contributed by atoms with Crippen molar-refractivity contribution in [2.75, 3.05) is 33.2 Å². The highest BCUT2D eigenvalue weighted by molar-refractivity contribution is 6.03. The van der Waals surface area contributed by atoms with Gasteiger partial charge in [-0.2, -0.15) is 0 Å². The number of ether oxygens (including phenoxy) is 3. The minimum Gasteiger partial charge on any atom is -0.493 e. The quantitative estimate of drug-likeness (QED) is 0.535. The van der Waals surface area contributed by atoms with Gasteiger partial charge in [-0.05, 0) is 18.9 Å². The van der Waals surface area contributed by atoms with Gasteiger partial charge < -0.3 is 24.4 Å². The molecule has 0 saturated heterocycles. The van der Waals surface area contributed by atoms with Gasteiger partial charge >= 0.3 is 5.97 Å². The Morgan fingerprint density at radius 2 is 1.69 bits per heavy atom. The molecule has 0 spiro atoms. The lowest BCUT2D eigenvalue weighted by atomic mass is 9.88. The van der Waals surface area contributed by atoms with E-state index >= 15 is 0 Å². The van der Waals surface area contributed by atoms with E-state index in [4.69, 9.17) is 14.2 Å². The van der Waals surface area contributed by atoms with E-state index in [0.29, 0.717) is 11.3 Å². The molecule has 0 heterocycles. The van der Waals surface area contributed by atoms with Crippen LogP contribution >= 0.6 is 0 Å². The largest absolute Gasteiger partial charge is 0.493 e. The summed E-state index contributed by atoms with van der Waals surface area (Å²) < 4.78 is 29.7. The maximum atomic E-state index is 13.9. The van der Waals surface area contributed by atoms with Gasteiger partial charge in [0.05, 0.1) is 25.5 Å². The molecule has 35 heavy (non-hydrogen) atoms. The molecule has 1 fully saturated rings. The molecule has 0 atom stereocenters. The fraction of sp³-hybridized carbons (Fsp3) is 0.423. The Morgan fingerprint density at radius 3 is 2.34 bits per heavy atom. The first-order valence-electron chi connectivity index (χ1n) is 11.6. The molecule has 188 valence electrons. The number of likely N-dealkylation sites (N-methyl/N-ethyl adjacent to an activating group) is 1. The zero-order chi connectivity index (χ0) is 25.4. The van der Waals surface area contributed by atoms with E-state index in [1.54, 1.807) is 18.2 Å². The average molecular weight is 487 g/mol. The number of rotatable bonds is 9. The van der Waals surface area contributed by atoms with E-state index in [1.807, 2.05) is 0 Å². The number of carbonyl (C=O) groups excluding carboxylic acids is 3. The molecule has 1 N–H and O–H groups in total. The minimum absolute atomic E-state index is 0.0299. The standard InChI is InChI=1S/C26H31FN2O6/c1-29(15-18-11-7-8-12-20(18)27)24(30)16-35-26(32)19-13-22(33-2)23(34-3)14-21(19)28-25(31)17-9-5-4-6-10-17/h7-8,11-14,17H,4-6,9-10,15-16H2,1-3H3,(H,28,31). The van der Waals surface area contributed by atoms with Crippen molar-refractivity contribution in [2.45, 2.75) is 38.6 Å². The van der Waals surface area contributed by atoms with Crippen LogP contribution in [0.25, 0.3) is 0 Å². The Bertz CT molecular complexity index is 1070. The highest BCUT2D eigenvalue weighted by Crippen LogP contribution is 2.35. The second-order valence-corrected chi connectivity index (χ2v) is 8.49. The Labute approximate surface area is 204 Å². The van der Waals surface area contributed by atoms with Crippen LogP contribution in [-0.4, -0.2) is 50.6 Å². The number of nitrogens with one attached hydrogen (secondary N) is 1. The molecule has 0 aliphatic heterocycles. The van der Waals surface area contributed by atoms with Crippen molar-refractivity contribution in [3.05, 3.63) is 53.3 Å². The number of hydrogen-bond donors (Lipinski definition) is 1. The minimum atomic E-state index is -0.808. The highest BCUT2D eigenvalue weighted by Gasteiger charge is 2.25. The van der Waals surface area contributed by atoms with Crippen molar-refractivity contribution < 1.29 is 33.0 Å². The van der Waals surface area contributed by atoms with Crippen molar-refractivity contribution in [1.29, 1.82) is 0 Å². The van der Waals surface area contributed by atoms with E-state index in [0.717, 1.165) is 32.1 Å². The molecular weight excluding hydrogens is 455 g/mol. The lowest BCUT2D eigenvalue weighted by Gasteiger charge is -2.22. The number of amides is 2. The predicted octanol–water partition coefficient (Wildman–Crippen LogP) is 4.18. The lowest BCUT2D eigenvalue weighted by Crippen LogP contribution is -2.31. The lowest BCUT2D eigenvalue weighted by molar-refractivity contribution is -0.133. The monoisotopic (exact) mass is 486 g/mol. The summed E-state index contributed by atoms with van der Waals surface area (Å²) in [5, 5.41) is 2.82. The topological polar surface area (TPSA) is 94.2 Å². The van der Waals surface area contributed by atoms with Crippen molar-refractivity contribution >= 4 is 23.5 Å². The number of benzene rings is 2. The van der Waals surface area contributed by atoms with Gasteiger partial charge in [-0.15, -0.1) is 0 Å². The zero-order valence-electron chi connectivity index (χ0n) is 20.3. The molecule has 0 radical (unpaired) electrons. The third-order valence-electron chi connectivity index (χ3n) is 6.10. The summed E-state index contributed by atoms with van der Waals surface area (Å²) in [5.41, 5.74) is 0.606. The van der Waals surface area contributed by atoms with Crippen molar-refractivity contribution in [2.24, 2.45) is 5.92 Å². The Balaban J connectivity index is 1.72. The van der Waals surface area contributed by atoms with Gasteiger partial charge in [-0.3, -0.25) is 9.59 Å². The summed E-state index contributed by atoms with van der Waals surface area (Å²) in [5.74, 6) is -1.43. The first-order chi connectivity index (χ1) is 16.8. The summed E-state index contributed by atoms with van der Waals surface area (Å²) in [6.07, 6.45) is 4.67.